The van der Waals surface area contributed by atoms with E-state index in [2.05, 4.69) is 20.6 Å². The molecule has 3 rings (SSSR count). The number of benzene rings is 1. The van der Waals surface area contributed by atoms with Gasteiger partial charge in [-0.15, -0.1) is 16.4 Å². The quantitative estimate of drug-likeness (QED) is 0.800. The minimum atomic E-state index is -0.0908. The molecule has 0 saturated carbocycles. The first kappa shape index (κ1) is 13.7. The highest BCUT2D eigenvalue weighted by Crippen LogP contribution is 2.13. The zero-order valence-corrected chi connectivity index (χ0v) is 12.6. The van der Waals surface area contributed by atoms with E-state index in [0.29, 0.717) is 11.4 Å². The van der Waals surface area contributed by atoms with E-state index >= 15 is 0 Å². The number of para-hydroxylation sites is 1. The van der Waals surface area contributed by atoms with Crippen LogP contribution >= 0.6 is 11.3 Å². The van der Waals surface area contributed by atoms with Crippen molar-refractivity contribution in [2.24, 2.45) is 0 Å². The van der Waals surface area contributed by atoms with E-state index in [1.54, 1.807) is 10.2 Å². The number of aromatic nitrogens is 4. The molecule has 1 amide bonds. The summed E-state index contributed by atoms with van der Waals surface area (Å²) < 4.78 is 1.81. The smallest absolute Gasteiger partial charge is 0.263 e. The van der Waals surface area contributed by atoms with Crippen LogP contribution < -0.4 is 5.32 Å². The van der Waals surface area contributed by atoms with Gasteiger partial charge < -0.3 is 5.32 Å². The Morgan fingerprint density at radius 2 is 2.24 bits per heavy atom. The average molecular weight is 301 g/mol. The summed E-state index contributed by atoms with van der Waals surface area (Å²) in [6, 6.07) is 7.72. The van der Waals surface area contributed by atoms with E-state index in [4.69, 9.17) is 0 Å². The molecule has 21 heavy (non-hydrogen) atoms. The van der Waals surface area contributed by atoms with Crippen LogP contribution in [-0.4, -0.2) is 31.9 Å². The summed E-state index contributed by atoms with van der Waals surface area (Å²) in [6.45, 7) is 4.36. The summed E-state index contributed by atoms with van der Waals surface area (Å²) in [7, 11) is 0. The summed E-state index contributed by atoms with van der Waals surface area (Å²) in [6.07, 6.45) is 0. The molecule has 6 nitrogen and oxygen atoms in total. The van der Waals surface area contributed by atoms with Crippen molar-refractivity contribution in [3.63, 3.8) is 0 Å². The fraction of sp³-hybridized carbons (Fsp3) is 0.286. The lowest BCUT2D eigenvalue weighted by molar-refractivity contribution is 0.0939. The van der Waals surface area contributed by atoms with Crippen LogP contribution in [0.15, 0.2) is 29.8 Å². The maximum atomic E-state index is 12.1. The first-order valence-corrected chi connectivity index (χ1v) is 7.52. The maximum absolute atomic E-state index is 12.1. The lowest BCUT2D eigenvalue weighted by atomic mass is 10.3. The van der Waals surface area contributed by atoms with E-state index in [9.17, 15) is 4.79 Å². The number of hydrogen-bond acceptors (Lipinski definition) is 5. The van der Waals surface area contributed by atoms with Gasteiger partial charge >= 0.3 is 0 Å². The summed E-state index contributed by atoms with van der Waals surface area (Å²) in [5, 5.41) is 11.2. The molecular weight excluding hydrogens is 286 g/mol. The topological polar surface area (TPSA) is 72.7 Å². The lowest BCUT2D eigenvalue weighted by Crippen LogP contribution is -2.35. The van der Waals surface area contributed by atoms with Crippen molar-refractivity contribution in [3.05, 3.63) is 40.3 Å². The van der Waals surface area contributed by atoms with Crippen molar-refractivity contribution >= 4 is 28.3 Å². The second-order valence-electron chi connectivity index (χ2n) is 4.90. The summed E-state index contributed by atoms with van der Waals surface area (Å²) in [4.78, 5) is 16.9. The van der Waals surface area contributed by atoms with Gasteiger partial charge in [0.25, 0.3) is 5.91 Å². The van der Waals surface area contributed by atoms with Gasteiger partial charge in [0.15, 0.2) is 0 Å². The zero-order valence-electron chi connectivity index (χ0n) is 11.8. The van der Waals surface area contributed by atoms with Crippen molar-refractivity contribution in [2.75, 3.05) is 0 Å². The Morgan fingerprint density at radius 3 is 3.00 bits per heavy atom. The Bertz CT molecular complexity index is 778. The number of thiazole rings is 1. The number of carbonyl (C=O) groups excluding carboxylic acids is 1. The molecule has 0 aliphatic rings. The number of hydrogen-bond donors (Lipinski definition) is 1. The molecule has 0 aliphatic carbocycles. The first-order valence-electron chi connectivity index (χ1n) is 6.64. The van der Waals surface area contributed by atoms with Crippen LogP contribution in [0.2, 0.25) is 0 Å². The molecule has 0 radical (unpaired) electrons. The largest absolute Gasteiger partial charge is 0.347 e. The van der Waals surface area contributed by atoms with Crippen LogP contribution in [-0.2, 0) is 6.54 Å². The number of amides is 1. The van der Waals surface area contributed by atoms with Crippen molar-refractivity contribution in [1.29, 1.82) is 0 Å². The normalized spacial score (nSPS) is 12.5. The van der Waals surface area contributed by atoms with Crippen LogP contribution in [0, 0.1) is 6.92 Å². The Labute approximate surface area is 125 Å². The van der Waals surface area contributed by atoms with Gasteiger partial charge in [0.2, 0.25) is 0 Å². The van der Waals surface area contributed by atoms with Crippen LogP contribution in [0.25, 0.3) is 11.0 Å². The standard InChI is InChI=1S/C14H15N5OS/c1-9(16-14(20)13-10(2)15-8-21-13)7-19-12-6-4-3-5-11(12)17-18-19/h3-6,8-9H,7H2,1-2H3,(H,16,20)/t9-/m0/s1. The van der Waals surface area contributed by atoms with E-state index < -0.39 is 0 Å². The van der Waals surface area contributed by atoms with Gasteiger partial charge in [-0.1, -0.05) is 17.3 Å². The first-order chi connectivity index (χ1) is 10.1. The van der Waals surface area contributed by atoms with E-state index in [-0.39, 0.29) is 11.9 Å². The van der Waals surface area contributed by atoms with Crippen LogP contribution in [0.4, 0.5) is 0 Å². The van der Waals surface area contributed by atoms with Crippen LogP contribution in [0.1, 0.15) is 22.3 Å². The van der Waals surface area contributed by atoms with Crippen molar-refractivity contribution < 1.29 is 4.79 Å². The monoisotopic (exact) mass is 301 g/mol. The third-order valence-electron chi connectivity index (χ3n) is 3.20. The molecule has 1 atom stereocenters. The third kappa shape index (κ3) is 2.78. The Morgan fingerprint density at radius 1 is 1.43 bits per heavy atom. The molecule has 108 valence electrons. The van der Waals surface area contributed by atoms with E-state index in [0.717, 1.165) is 16.7 Å². The second kappa shape index (κ2) is 5.61. The number of nitrogens with zero attached hydrogens (tertiary/aromatic N) is 4. The summed E-state index contributed by atoms with van der Waals surface area (Å²) >= 11 is 1.35. The van der Waals surface area contributed by atoms with Crippen molar-refractivity contribution in [3.8, 4) is 0 Å². The summed E-state index contributed by atoms with van der Waals surface area (Å²) in [5.41, 5.74) is 4.26. The lowest BCUT2D eigenvalue weighted by Gasteiger charge is -2.13. The summed E-state index contributed by atoms with van der Waals surface area (Å²) in [5.74, 6) is -0.0908. The number of nitrogens with one attached hydrogen (secondary N) is 1. The van der Waals surface area contributed by atoms with Gasteiger partial charge in [-0.25, -0.2) is 9.67 Å². The van der Waals surface area contributed by atoms with Crippen LogP contribution in [0.5, 0.6) is 0 Å². The molecule has 1 N–H and O–H groups in total. The highest BCUT2D eigenvalue weighted by atomic mass is 32.1. The molecule has 2 heterocycles. The van der Waals surface area contributed by atoms with Gasteiger partial charge in [0, 0.05) is 6.04 Å². The number of rotatable bonds is 4. The predicted octanol–water partition coefficient (Wildman–Crippen LogP) is 2.01. The Kier molecular flexibility index (Phi) is 3.66. The molecule has 0 fully saturated rings. The minimum absolute atomic E-state index is 0.0518. The van der Waals surface area contributed by atoms with Gasteiger partial charge in [-0.05, 0) is 26.0 Å². The van der Waals surface area contributed by atoms with Crippen molar-refractivity contribution in [1.82, 2.24) is 25.3 Å². The molecule has 0 spiro atoms. The molecular formula is C14H15N5OS. The SMILES string of the molecule is Cc1ncsc1C(=O)N[C@@H](C)Cn1nnc2ccccc21. The second-order valence-corrected chi connectivity index (χ2v) is 5.76. The number of aryl methyl sites for hydroxylation is 1. The Hall–Kier alpha value is -2.28. The molecule has 0 bridgehead atoms. The zero-order chi connectivity index (χ0) is 14.8. The van der Waals surface area contributed by atoms with E-state index in [1.807, 2.05) is 38.1 Å². The molecule has 0 aliphatic heterocycles. The van der Waals surface area contributed by atoms with Crippen molar-refractivity contribution in [2.45, 2.75) is 26.4 Å². The molecule has 0 saturated heterocycles. The molecule has 7 heteroatoms. The van der Waals surface area contributed by atoms with Gasteiger partial charge in [0.05, 0.1) is 23.3 Å². The third-order valence-corrected chi connectivity index (χ3v) is 4.12. The molecule has 0 unspecified atom stereocenters. The molecule has 1 aromatic carbocycles. The van der Waals surface area contributed by atoms with Gasteiger partial charge in [-0.2, -0.15) is 0 Å². The number of carbonyl (C=O) groups is 1. The fourth-order valence-corrected chi connectivity index (χ4v) is 2.87. The average Bonchev–Trinajstić information content (AvgIpc) is 3.06. The predicted molar refractivity (Wildman–Crippen MR) is 81.3 cm³/mol. The maximum Gasteiger partial charge on any atom is 0.263 e. The highest BCUT2D eigenvalue weighted by Gasteiger charge is 2.15. The van der Waals surface area contributed by atoms with E-state index in [1.165, 1.54) is 11.3 Å². The molecule has 3 aromatic rings. The highest BCUT2D eigenvalue weighted by molar-refractivity contribution is 7.11. The molecule has 2 aromatic heterocycles. The van der Waals surface area contributed by atoms with Gasteiger partial charge in [0.1, 0.15) is 10.4 Å². The minimum Gasteiger partial charge on any atom is -0.347 e. The Balaban J connectivity index is 1.71. The number of fused-ring (bicyclic) bond motifs is 1. The van der Waals surface area contributed by atoms with Gasteiger partial charge in [-0.3, -0.25) is 4.79 Å². The fourth-order valence-electron chi connectivity index (χ4n) is 2.17. The van der Waals surface area contributed by atoms with Crippen LogP contribution in [0.3, 0.4) is 0 Å².